The molecule has 1 unspecified atom stereocenters. The molecule has 0 aliphatic carbocycles. The second-order valence-electron chi connectivity index (χ2n) is 9.28. The summed E-state index contributed by atoms with van der Waals surface area (Å²) in [5.41, 5.74) is 4.62. The van der Waals surface area contributed by atoms with Gasteiger partial charge in [-0.15, -0.1) is 0 Å². The zero-order valence-corrected chi connectivity index (χ0v) is 21.7. The summed E-state index contributed by atoms with van der Waals surface area (Å²) in [5, 5.41) is 6.50. The van der Waals surface area contributed by atoms with Crippen LogP contribution in [0.5, 0.6) is 0 Å². The molecule has 190 valence electrons. The lowest BCUT2D eigenvalue weighted by atomic mass is 9.98. The summed E-state index contributed by atoms with van der Waals surface area (Å²) in [4.78, 5) is 12.8. The van der Waals surface area contributed by atoms with E-state index in [1.807, 2.05) is 26.8 Å². The van der Waals surface area contributed by atoms with Crippen LogP contribution in [-0.2, 0) is 14.8 Å². The summed E-state index contributed by atoms with van der Waals surface area (Å²) in [6.07, 6.45) is 4.48. The average Bonchev–Trinajstić information content (AvgIpc) is 3.21. The summed E-state index contributed by atoms with van der Waals surface area (Å²) in [6, 6.07) is 10.0. The number of halogens is 1. The molecule has 1 fully saturated rings. The average molecular weight is 512 g/mol. The monoisotopic (exact) mass is 511 g/mol. The number of rotatable bonds is 6. The van der Waals surface area contributed by atoms with Crippen LogP contribution < -0.4 is 5.32 Å². The Bertz CT molecular complexity index is 1410. The van der Waals surface area contributed by atoms with E-state index >= 15 is 0 Å². The molecule has 9 heteroatoms. The van der Waals surface area contributed by atoms with Crippen LogP contribution in [0.1, 0.15) is 46.5 Å². The molecule has 1 amide bonds. The van der Waals surface area contributed by atoms with Crippen molar-refractivity contribution in [2.75, 3.05) is 18.4 Å². The van der Waals surface area contributed by atoms with Crippen molar-refractivity contribution in [3.8, 4) is 0 Å². The topological polar surface area (TPSA) is 92.5 Å². The van der Waals surface area contributed by atoms with Crippen molar-refractivity contribution in [3.05, 3.63) is 75.9 Å². The number of hydrogen-bond acceptors (Lipinski definition) is 5. The number of piperidine rings is 1. The Kier molecular flexibility index (Phi) is 7.42. The fourth-order valence-electron chi connectivity index (χ4n) is 4.71. The van der Waals surface area contributed by atoms with E-state index in [9.17, 15) is 17.6 Å². The van der Waals surface area contributed by atoms with Gasteiger partial charge in [0.15, 0.2) is 10.7 Å². The highest BCUT2D eigenvalue weighted by atomic mass is 32.2. The van der Waals surface area contributed by atoms with E-state index in [0.717, 1.165) is 22.3 Å². The van der Waals surface area contributed by atoms with Crippen LogP contribution in [0, 0.1) is 39.4 Å². The van der Waals surface area contributed by atoms with Gasteiger partial charge in [0.2, 0.25) is 15.9 Å². The predicted molar refractivity (Wildman–Crippen MR) is 137 cm³/mol. The lowest BCUT2D eigenvalue weighted by molar-refractivity contribution is -0.120. The van der Waals surface area contributed by atoms with Crippen LogP contribution in [0.2, 0.25) is 0 Å². The summed E-state index contributed by atoms with van der Waals surface area (Å²) in [6.45, 7) is 7.89. The number of amides is 1. The van der Waals surface area contributed by atoms with Crippen LogP contribution in [0.25, 0.3) is 12.2 Å². The molecule has 7 nitrogen and oxygen atoms in total. The number of para-hydroxylation sites is 1. The third kappa shape index (κ3) is 5.27. The largest absolute Gasteiger partial charge is 0.355 e. The molecule has 0 bridgehead atoms. The predicted octanol–water partition coefficient (Wildman–Crippen LogP) is 5.26. The number of hydrogen-bond donors (Lipinski definition) is 1. The lowest BCUT2D eigenvalue weighted by Gasteiger charge is -2.31. The minimum absolute atomic E-state index is 0.00340. The highest BCUT2D eigenvalue weighted by Gasteiger charge is 2.37. The van der Waals surface area contributed by atoms with Gasteiger partial charge in [0.25, 0.3) is 0 Å². The molecule has 36 heavy (non-hydrogen) atoms. The second-order valence-corrected chi connectivity index (χ2v) is 11.2. The Morgan fingerprint density at radius 1 is 1.14 bits per heavy atom. The van der Waals surface area contributed by atoms with Gasteiger partial charge in [0.1, 0.15) is 11.5 Å². The number of aryl methyl sites for hydroxylation is 4. The molecule has 0 radical (unpaired) electrons. The number of carbonyl (C=O) groups excluding carboxylic acids is 1. The van der Waals surface area contributed by atoms with Crippen molar-refractivity contribution < 1.29 is 22.1 Å². The van der Waals surface area contributed by atoms with Crippen LogP contribution in [0.15, 0.2) is 45.8 Å². The van der Waals surface area contributed by atoms with E-state index in [0.29, 0.717) is 12.8 Å². The third-order valence-corrected chi connectivity index (χ3v) is 8.48. The fraction of sp³-hybridized carbons (Fsp3) is 0.333. The van der Waals surface area contributed by atoms with Crippen LogP contribution in [-0.4, -0.2) is 36.9 Å². The number of nitrogens with zero attached hydrogens (tertiary/aromatic N) is 2. The first-order valence-electron chi connectivity index (χ1n) is 11.9. The van der Waals surface area contributed by atoms with E-state index in [1.165, 1.54) is 22.5 Å². The maximum atomic E-state index is 14.0. The maximum Gasteiger partial charge on any atom is 0.248 e. The molecule has 1 N–H and O–H groups in total. The fourth-order valence-corrected chi connectivity index (χ4v) is 6.49. The van der Waals surface area contributed by atoms with Gasteiger partial charge < -0.3 is 9.84 Å². The highest BCUT2D eigenvalue weighted by molar-refractivity contribution is 7.89. The zero-order valence-electron chi connectivity index (χ0n) is 20.8. The third-order valence-electron chi connectivity index (χ3n) is 6.46. The van der Waals surface area contributed by atoms with Gasteiger partial charge in [-0.25, -0.2) is 12.8 Å². The van der Waals surface area contributed by atoms with E-state index < -0.39 is 27.7 Å². The number of anilines is 1. The number of carbonyl (C=O) groups is 1. The molecular formula is C27H30FN3O4S. The minimum atomic E-state index is -3.99. The highest BCUT2D eigenvalue weighted by Crippen LogP contribution is 2.30. The van der Waals surface area contributed by atoms with Crippen molar-refractivity contribution >= 4 is 33.8 Å². The van der Waals surface area contributed by atoms with Crippen molar-refractivity contribution in [2.24, 2.45) is 5.92 Å². The SMILES string of the molecule is Cc1cc(C)c(/C=C/c2onc(C)c2S(=O)(=O)N2CCCC(C(=O)Nc3ccccc3F)C2)c(C)c1. The number of benzene rings is 2. The molecular weight excluding hydrogens is 481 g/mol. The van der Waals surface area contributed by atoms with Crippen molar-refractivity contribution in [1.29, 1.82) is 0 Å². The molecule has 1 atom stereocenters. The van der Waals surface area contributed by atoms with Gasteiger partial charge in [-0.2, -0.15) is 4.31 Å². The summed E-state index contributed by atoms with van der Waals surface area (Å²) >= 11 is 0. The van der Waals surface area contributed by atoms with Gasteiger partial charge in [0.05, 0.1) is 11.6 Å². The van der Waals surface area contributed by atoms with Gasteiger partial charge in [-0.3, -0.25) is 4.79 Å². The second kappa shape index (κ2) is 10.4. The molecule has 0 spiro atoms. The molecule has 2 aromatic carbocycles. The molecule has 3 aromatic rings. The molecule has 0 saturated carbocycles. The van der Waals surface area contributed by atoms with E-state index in [4.69, 9.17) is 4.52 Å². The first kappa shape index (κ1) is 25.8. The first-order valence-corrected chi connectivity index (χ1v) is 13.3. The van der Waals surface area contributed by atoms with Gasteiger partial charge in [-0.05, 0) is 75.4 Å². The maximum absolute atomic E-state index is 14.0. The van der Waals surface area contributed by atoms with Gasteiger partial charge in [-0.1, -0.05) is 41.1 Å². The number of sulfonamides is 1. The molecule has 1 saturated heterocycles. The van der Waals surface area contributed by atoms with Crippen LogP contribution in [0.3, 0.4) is 0 Å². The minimum Gasteiger partial charge on any atom is -0.355 e. The Balaban J connectivity index is 1.57. The van der Waals surface area contributed by atoms with Crippen molar-refractivity contribution in [3.63, 3.8) is 0 Å². The van der Waals surface area contributed by atoms with Crippen LogP contribution >= 0.6 is 0 Å². The molecule has 1 aliphatic rings. The molecule has 4 rings (SSSR count). The van der Waals surface area contributed by atoms with Crippen molar-refractivity contribution in [1.82, 2.24) is 9.46 Å². The normalized spacial score (nSPS) is 17.0. The standard InChI is InChI=1S/C27H30FN3O4S/c1-17-14-18(2)22(19(3)15-17)11-12-25-26(20(4)30-35-25)36(33,34)31-13-7-8-21(16-31)27(32)29-24-10-6-5-9-23(24)28/h5-6,9-12,14-15,21H,7-8,13,16H2,1-4H3,(H,29,32)/b12-11+. The smallest absolute Gasteiger partial charge is 0.248 e. The number of nitrogens with one attached hydrogen (secondary N) is 1. The summed E-state index contributed by atoms with van der Waals surface area (Å²) < 4.78 is 48.0. The molecule has 1 aliphatic heterocycles. The summed E-state index contributed by atoms with van der Waals surface area (Å²) in [7, 11) is -3.99. The molecule has 1 aromatic heterocycles. The number of aromatic nitrogens is 1. The lowest BCUT2D eigenvalue weighted by Crippen LogP contribution is -2.44. The van der Waals surface area contributed by atoms with Crippen molar-refractivity contribution in [2.45, 2.75) is 45.4 Å². The van der Waals surface area contributed by atoms with Gasteiger partial charge >= 0.3 is 0 Å². The van der Waals surface area contributed by atoms with Crippen LogP contribution in [0.4, 0.5) is 10.1 Å². The van der Waals surface area contributed by atoms with E-state index in [2.05, 4.69) is 22.6 Å². The van der Waals surface area contributed by atoms with Gasteiger partial charge in [0, 0.05) is 13.1 Å². The summed E-state index contributed by atoms with van der Waals surface area (Å²) in [5.74, 6) is -1.41. The Hall–Kier alpha value is -3.30. The Labute approximate surface area is 211 Å². The molecule has 2 heterocycles. The quantitative estimate of drug-likeness (QED) is 0.488. The van der Waals surface area contributed by atoms with E-state index in [1.54, 1.807) is 19.1 Å². The Morgan fingerprint density at radius 2 is 1.83 bits per heavy atom. The van der Waals surface area contributed by atoms with E-state index in [-0.39, 0.29) is 35.1 Å². The zero-order chi connectivity index (χ0) is 26.0. The Morgan fingerprint density at radius 3 is 2.53 bits per heavy atom. The first-order chi connectivity index (χ1) is 17.1.